The van der Waals surface area contributed by atoms with Crippen LogP contribution in [0, 0.1) is 0 Å². The molecule has 23 heavy (non-hydrogen) atoms. The number of hydrogen-bond acceptors (Lipinski definition) is 4. The number of aliphatic hydroxyl groups excluding tert-OH is 2. The minimum atomic E-state index is -0.613. The number of pyridine rings is 1. The molecule has 0 aliphatic carbocycles. The summed E-state index contributed by atoms with van der Waals surface area (Å²) in [5.41, 5.74) is 2.70. The Hall–Kier alpha value is -2.43. The number of aliphatic hydroxyl groups is 2. The topological polar surface area (TPSA) is 73.6 Å². The van der Waals surface area contributed by atoms with Gasteiger partial charge in [0.15, 0.2) is 0 Å². The van der Waals surface area contributed by atoms with Gasteiger partial charge in [-0.15, -0.1) is 0 Å². The summed E-state index contributed by atoms with van der Waals surface area (Å²) in [6.45, 7) is -0.0801. The summed E-state index contributed by atoms with van der Waals surface area (Å²) in [5.74, 6) is 0.213. The first-order chi connectivity index (χ1) is 11.2. The zero-order valence-corrected chi connectivity index (χ0v) is 12.8. The quantitative estimate of drug-likeness (QED) is 0.687. The number of hydrogen-bond donors (Lipinski definition) is 3. The maximum absolute atomic E-state index is 9.90. The van der Waals surface area contributed by atoms with Crippen LogP contribution in [0.2, 0.25) is 0 Å². The van der Waals surface area contributed by atoms with Crippen molar-refractivity contribution < 1.29 is 15.3 Å². The van der Waals surface area contributed by atoms with E-state index in [0.29, 0.717) is 12.8 Å². The van der Waals surface area contributed by atoms with Gasteiger partial charge in [0.05, 0.1) is 18.4 Å². The zero-order chi connectivity index (χ0) is 16.5. The summed E-state index contributed by atoms with van der Waals surface area (Å²) in [4.78, 5) is 4.37. The zero-order valence-electron chi connectivity index (χ0n) is 12.8. The molecule has 0 spiro atoms. The Labute approximate surface area is 136 Å². The number of aromatic hydroxyl groups is 1. The van der Waals surface area contributed by atoms with Crippen molar-refractivity contribution in [3.05, 3.63) is 72.1 Å². The van der Waals surface area contributed by atoms with Crippen LogP contribution in [-0.4, -0.2) is 33.0 Å². The van der Waals surface area contributed by atoms with Crippen molar-refractivity contribution in [2.45, 2.75) is 18.9 Å². The minimum Gasteiger partial charge on any atom is -0.508 e. The third kappa shape index (κ3) is 5.70. The number of rotatable bonds is 7. The summed E-state index contributed by atoms with van der Waals surface area (Å²) in [6.07, 6.45) is 7.35. The highest BCUT2D eigenvalue weighted by molar-refractivity contribution is 5.80. The van der Waals surface area contributed by atoms with Crippen LogP contribution >= 0.6 is 0 Å². The van der Waals surface area contributed by atoms with Crippen LogP contribution in [-0.2, 0) is 0 Å². The van der Waals surface area contributed by atoms with Gasteiger partial charge < -0.3 is 15.3 Å². The van der Waals surface area contributed by atoms with Crippen LogP contribution in [0.3, 0.4) is 0 Å². The smallest absolute Gasteiger partial charge is 0.116 e. The van der Waals surface area contributed by atoms with Crippen molar-refractivity contribution in [2.24, 2.45) is 0 Å². The molecule has 2 rings (SSSR count). The van der Waals surface area contributed by atoms with Crippen molar-refractivity contribution >= 4 is 11.6 Å². The van der Waals surface area contributed by atoms with Crippen molar-refractivity contribution in [1.82, 2.24) is 4.98 Å². The van der Waals surface area contributed by atoms with E-state index in [1.807, 2.05) is 30.3 Å². The molecule has 0 unspecified atom stereocenters. The monoisotopic (exact) mass is 311 g/mol. The number of nitrogens with zero attached hydrogens (tertiary/aromatic N) is 1. The molecular formula is C19H21NO3. The Bertz CT molecular complexity index is 665. The molecule has 0 aliphatic heterocycles. The van der Waals surface area contributed by atoms with E-state index in [0.717, 1.165) is 16.8 Å². The number of phenolic OH excluding ortho intramolecular Hbond substituents is 1. The number of allylic oxidation sites excluding steroid dienone is 1. The average Bonchev–Trinajstić information content (AvgIpc) is 2.57. The third-order valence-corrected chi connectivity index (χ3v) is 3.38. The Balaban J connectivity index is 2.21. The van der Waals surface area contributed by atoms with E-state index < -0.39 is 6.10 Å². The molecule has 0 bridgehead atoms. The van der Waals surface area contributed by atoms with E-state index in [9.17, 15) is 10.2 Å². The Morgan fingerprint density at radius 3 is 2.74 bits per heavy atom. The summed E-state index contributed by atoms with van der Waals surface area (Å²) < 4.78 is 0. The van der Waals surface area contributed by atoms with Gasteiger partial charge in [0.2, 0.25) is 0 Å². The Morgan fingerprint density at radius 2 is 2.04 bits per heavy atom. The second-order valence-corrected chi connectivity index (χ2v) is 5.20. The molecule has 3 N–H and O–H groups in total. The van der Waals surface area contributed by atoms with Crippen molar-refractivity contribution in [3.8, 4) is 5.75 Å². The summed E-state index contributed by atoms with van der Waals surface area (Å²) >= 11 is 0. The average molecular weight is 311 g/mol. The van der Waals surface area contributed by atoms with Crippen LogP contribution in [0.15, 0.2) is 60.8 Å². The lowest BCUT2D eigenvalue weighted by Crippen LogP contribution is -2.03. The Kier molecular flexibility index (Phi) is 6.54. The van der Waals surface area contributed by atoms with E-state index >= 15 is 0 Å². The van der Waals surface area contributed by atoms with Crippen molar-refractivity contribution in [2.75, 3.05) is 6.61 Å². The molecule has 1 atom stereocenters. The van der Waals surface area contributed by atoms with Gasteiger partial charge in [-0.1, -0.05) is 30.4 Å². The van der Waals surface area contributed by atoms with E-state index in [1.54, 1.807) is 30.5 Å². The molecule has 0 aliphatic rings. The van der Waals surface area contributed by atoms with Gasteiger partial charge in [0.25, 0.3) is 0 Å². The standard InChI is InChI=1S/C19H21NO3/c21-12-4-7-17(22)10-9-16(19-8-1-2-11-20-19)13-15-5-3-6-18(23)14-15/h1-8,11,13-14,17,21-23H,9-10,12H2/b7-4-,16-13-/t17-/m0/s1. The fraction of sp³-hybridized carbons (Fsp3) is 0.211. The second kappa shape index (κ2) is 8.88. The summed E-state index contributed by atoms with van der Waals surface area (Å²) in [5, 5.41) is 28.2. The maximum atomic E-state index is 9.90. The van der Waals surface area contributed by atoms with Crippen LogP contribution in [0.25, 0.3) is 11.6 Å². The molecule has 4 heteroatoms. The fourth-order valence-corrected chi connectivity index (χ4v) is 2.26. The highest BCUT2D eigenvalue weighted by Gasteiger charge is 2.07. The van der Waals surface area contributed by atoms with Crippen LogP contribution < -0.4 is 0 Å². The molecule has 0 saturated heterocycles. The van der Waals surface area contributed by atoms with Gasteiger partial charge in [-0.05, 0) is 54.3 Å². The molecule has 0 radical (unpaired) electrons. The van der Waals surface area contributed by atoms with Gasteiger partial charge >= 0.3 is 0 Å². The second-order valence-electron chi connectivity index (χ2n) is 5.20. The highest BCUT2D eigenvalue weighted by Crippen LogP contribution is 2.23. The molecule has 0 amide bonds. The molecule has 1 heterocycles. The molecule has 2 aromatic rings. The predicted octanol–water partition coefficient (Wildman–Crippen LogP) is 3.02. The van der Waals surface area contributed by atoms with Gasteiger partial charge in [-0.25, -0.2) is 0 Å². The van der Waals surface area contributed by atoms with Crippen LogP contribution in [0.5, 0.6) is 5.75 Å². The van der Waals surface area contributed by atoms with E-state index in [2.05, 4.69) is 4.98 Å². The van der Waals surface area contributed by atoms with Crippen LogP contribution in [0.1, 0.15) is 24.1 Å². The fourth-order valence-electron chi connectivity index (χ4n) is 2.26. The SMILES string of the molecule is OC/C=C\[C@H](O)CC/C(=C/c1cccc(O)c1)c1ccccn1. The third-order valence-electron chi connectivity index (χ3n) is 3.38. The van der Waals surface area contributed by atoms with E-state index in [-0.39, 0.29) is 12.4 Å². The van der Waals surface area contributed by atoms with Crippen molar-refractivity contribution in [3.63, 3.8) is 0 Å². The number of aromatic nitrogens is 1. The first-order valence-corrected chi connectivity index (χ1v) is 7.55. The lowest BCUT2D eigenvalue weighted by Gasteiger charge is -2.10. The molecule has 0 saturated carbocycles. The lowest BCUT2D eigenvalue weighted by atomic mass is 10.0. The highest BCUT2D eigenvalue weighted by atomic mass is 16.3. The molecule has 4 nitrogen and oxygen atoms in total. The molecule has 0 fully saturated rings. The van der Waals surface area contributed by atoms with E-state index in [4.69, 9.17) is 5.11 Å². The predicted molar refractivity (Wildman–Crippen MR) is 91.7 cm³/mol. The first kappa shape index (κ1) is 16.9. The van der Waals surface area contributed by atoms with Gasteiger partial charge in [0.1, 0.15) is 5.75 Å². The molecule has 120 valence electrons. The normalized spacial score (nSPS) is 13.4. The summed E-state index contributed by atoms with van der Waals surface area (Å²) in [7, 11) is 0. The Morgan fingerprint density at radius 1 is 1.17 bits per heavy atom. The molecular weight excluding hydrogens is 290 g/mol. The first-order valence-electron chi connectivity index (χ1n) is 7.55. The van der Waals surface area contributed by atoms with E-state index in [1.165, 1.54) is 6.08 Å². The van der Waals surface area contributed by atoms with Crippen LogP contribution in [0.4, 0.5) is 0 Å². The minimum absolute atomic E-state index is 0.0801. The number of phenols is 1. The maximum Gasteiger partial charge on any atom is 0.116 e. The van der Waals surface area contributed by atoms with Gasteiger partial charge in [0, 0.05) is 6.20 Å². The van der Waals surface area contributed by atoms with Gasteiger partial charge in [-0.2, -0.15) is 0 Å². The number of benzene rings is 1. The lowest BCUT2D eigenvalue weighted by molar-refractivity contribution is 0.213. The largest absolute Gasteiger partial charge is 0.508 e. The van der Waals surface area contributed by atoms with Crippen molar-refractivity contribution in [1.29, 1.82) is 0 Å². The molecule has 1 aromatic heterocycles. The van der Waals surface area contributed by atoms with Gasteiger partial charge in [-0.3, -0.25) is 4.98 Å². The molecule has 1 aromatic carbocycles. The summed E-state index contributed by atoms with van der Waals surface area (Å²) in [6, 6.07) is 12.7.